The molecule has 2 aromatic rings. The number of anilines is 1. The van der Waals surface area contributed by atoms with Gasteiger partial charge < -0.3 is 15.5 Å². The van der Waals surface area contributed by atoms with Crippen LogP contribution in [0, 0.1) is 22.0 Å². The molecule has 1 aliphatic heterocycles. The summed E-state index contributed by atoms with van der Waals surface area (Å²) in [5, 5.41) is 11.6. The number of imidazole rings is 1. The lowest BCUT2D eigenvalue weighted by Gasteiger charge is -2.25. The van der Waals surface area contributed by atoms with Gasteiger partial charge >= 0.3 is 0 Å². The lowest BCUT2D eigenvalue weighted by atomic mass is 9.76. The van der Waals surface area contributed by atoms with Gasteiger partial charge in [-0.15, -0.1) is 0 Å². The molecule has 1 aromatic carbocycles. The molecule has 152 valence electrons. The number of ether oxygens (including phenoxy) is 1. The molecule has 7 heteroatoms. The Labute approximate surface area is 169 Å². The number of aromatic nitrogens is 2. The summed E-state index contributed by atoms with van der Waals surface area (Å²) in [6.07, 6.45) is 1.26. The van der Waals surface area contributed by atoms with Gasteiger partial charge in [0.25, 0.3) is 5.70 Å². The van der Waals surface area contributed by atoms with Crippen molar-refractivity contribution in [2.75, 3.05) is 5.73 Å². The van der Waals surface area contributed by atoms with Crippen LogP contribution in [-0.4, -0.2) is 20.5 Å². The Hall–Kier alpha value is -3.09. The number of nitro groups is 1. The van der Waals surface area contributed by atoms with E-state index in [0.29, 0.717) is 29.9 Å². The quantitative estimate of drug-likeness (QED) is 0.588. The second kappa shape index (κ2) is 6.76. The van der Waals surface area contributed by atoms with Crippen LogP contribution in [0.15, 0.2) is 52.9 Å². The molecule has 29 heavy (non-hydrogen) atoms. The highest BCUT2D eigenvalue weighted by atomic mass is 16.6. The van der Waals surface area contributed by atoms with Gasteiger partial charge in [-0.25, -0.2) is 4.98 Å². The number of aromatic amines is 1. The first-order valence-electron chi connectivity index (χ1n) is 9.85. The lowest BCUT2D eigenvalue weighted by molar-refractivity contribution is -0.436. The third-order valence-corrected chi connectivity index (χ3v) is 6.30. The number of nitrogen functional groups attached to an aromatic ring is 1. The fourth-order valence-electron chi connectivity index (χ4n) is 4.68. The molecule has 0 bridgehead atoms. The van der Waals surface area contributed by atoms with Crippen LogP contribution < -0.4 is 5.73 Å². The van der Waals surface area contributed by atoms with Gasteiger partial charge in [-0.05, 0) is 32.8 Å². The van der Waals surface area contributed by atoms with Crippen LogP contribution in [-0.2, 0) is 11.2 Å². The third-order valence-electron chi connectivity index (χ3n) is 6.30. The molecule has 4 rings (SSSR count). The van der Waals surface area contributed by atoms with Crippen LogP contribution in [0.4, 0.5) is 5.82 Å². The van der Waals surface area contributed by atoms with Crippen molar-refractivity contribution in [2.24, 2.45) is 11.8 Å². The van der Waals surface area contributed by atoms with E-state index in [1.807, 2.05) is 58.0 Å². The van der Waals surface area contributed by atoms with Crippen molar-refractivity contribution in [1.82, 2.24) is 9.97 Å². The number of H-pyrrole nitrogens is 1. The molecular formula is C22H26N4O3. The monoisotopic (exact) mass is 394 g/mol. The van der Waals surface area contributed by atoms with Crippen molar-refractivity contribution in [2.45, 2.75) is 46.1 Å². The van der Waals surface area contributed by atoms with E-state index in [-0.39, 0.29) is 16.8 Å². The predicted octanol–water partition coefficient (Wildman–Crippen LogP) is 4.47. The van der Waals surface area contributed by atoms with Crippen LogP contribution in [0.25, 0.3) is 11.4 Å². The summed E-state index contributed by atoms with van der Waals surface area (Å²) in [4.78, 5) is 19.2. The Morgan fingerprint density at radius 2 is 2.00 bits per heavy atom. The Balaban J connectivity index is 1.62. The molecule has 0 spiro atoms. The molecule has 1 aromatic heterocycles. The van der Waals surface area contributed by atoms with Gasteiger partial charge in [0.05, 0.1) is 16.5 Å². The van der Waals surface area contributed by atoms with Crippen LogP contribution in [0.5, 0.6) is 0 Å². The van der Waals surface area contributed by atoms with Crippen molar-refractivity contribution in [3.05, 3.63) is 68.7 Å². The summed E-state index contributed by atoms with van der Waals surface area (Å²) in [7, 11) is 0. The average molecular weight is 394 g/mol. The molecule has 2 heterocycles. The molecule has 3 atom stereocenters. The normalized spacial score (nSPS) is 26.5. The first-order chi connectivity index (χ1) is 13.7. The van der Waals surface area contributed by atoms with Gasteiger partial charge in [0.15, 0.2) is 0 Å². The molecule has 1 fully saturated rings. The molecular weight excluding hydrogens is 368 g/mol. The minimum absolute atomic E-state index is 0.00170. The molecule has 3 N–H and O–H groups in total. The van der Waals surface area contributed by atoms with Crippen LogP contribution >= 0.6 is 0 Å². The Morgan fingerprint density at radius 1 is 1.31 bits per heavy atom. The maximum Gasteiger partial charge on any atom is 0.253 e. The Kier molecular flexibility index (Phi) is 4.48. The van der Waals surface area contributed by atoms with Crippen LogP contribution in [0.1, 0.15) is 39.8 Å². The minimum Gasteiger partial charge on any atom is -0.491 e. The molecule has 1 aliphatic carbocycles. The SMILES string of the molecule is CC1=C2OC(C)(Cc3[nH]c(-c4ccccc4)nc3N)CC2C(C)C([N+](=O)[O-])=C1C. The fraction of sp³-hybridized carbons (Fsp3) is 0.409. The summed E-state index contributed by atoms with van der Waals surface area (Å²) in [6, 6.07) is 9.83. The van der Waals surface area contributed by atoms with Crippen molar-refractivity contribution < 1.29 is 9.66 Å². The first kappa shape index (κ1) is 19.2. The lowest BCUT2D eigenvalue weighted by Crippen LogP contribution is -2.28. The summed E-state index contributed by atoms with van der Waals surface area (Å²) in [5.74, 6) is 1.88. The van der Waals surface area contributed by atoms with E-state index in [9.17, 15) is 10.1 Å². The summed E-state index contributed by atoms with van der Waals surface area (Å²) < 4.78 is 6.43. The smallest absolute Gasteiger partial charge is 0.253 e. The maximum atomic E-state index is 11.6. The second-order valence-corrected chi connectivity index (χ2v) is 8.40. The van der Waals surface area contributed by atoms with Gasteiger partial charge in [-0.2, -0.15) is 0 Å². The molecule has 0 saturated carbocycles. The van der Waals surface area contributed by atoms with Gasteiger partial charge in [-0.1, -0.05) is 37.3 Å². The molecule has 1 saturated heterocycles. The highest BCUT2D eigenvalue weighted by molar-refractivity contribution is 5.59. The zero-order valence-corrected chi connectivity index (χ0v) is 17.2. The Morgan fingerprint density at radius 3 is 2.66 bits per heavy atom. The number of hydrogen-bond donors (Lipinski definition) is 2. The van der Waals surface area contributed by atoms with Crippen LogP contribution in [0.2, 0.25) is 0 Å². The number of hydrogen-bond acceptors (Lipinski definition) is 5. The van der Waals surface area contributed by atoms with E-state index >= 15 is 0 Å². The zero-order valence-electron chi connectivity index (χ0n) is 17.2. The van der Waals surface area contributed by atoms with Crippen molar-refractivity contribution in [1.29, 1.82) is 0 Å². The van der Waals surface area contributed by atoms with Gasteiger partial charge in [0.2, 0.25) is 0 Å². The number of fused-ring (bicyclic) bond motifs is 1. The number of nitrogens with two attached hydrogens (primary N) is 1. The largest absolute Gasteiger partial charge is 0.491 e. The number of rotatable bonds is 4. The van der Waals surface area contributed by atoms with Crippen LogP contribution in [0.3, 0.4) is 0 Å². The topological polar surface area (TPSA) is 107 Å². The molecule has 0 amide bonds. The maximum absolute atomic E-state index is 11.6. The molecule has 3 unspecified atom stereocenters. The average Bonchev–Trinajstić information content (AvgIpc) is 3.21. The number of nitrogens with zero attached hydrogens (tertiary/aromatic N) is 2. The van der Waals surface area contributed by atoms with Gasteiger partial charge in [0.1, 0.15) is 23.0 Å². The predicted molar refractivity (Wildman–Crippen MR) is 111 cm³/mol. The highest BCUT2D eigenvalue weighted by Crippen LogP contribution is 2.50. The molecule has 7 nitrogen and oxygen atoms in total. The minimum atomic E-state index is -0.504. The molecule has 2 aliphatic rings. The fourth-order valence-corrected chi connectivity index (χ4v) is 4.68. The Bertz CT molecular complexity index is 1040. The summed E-state index contributed by atoms with van der Waals surface area (Å²) in [6.45, 7) is 7.69. The van der Waals surface area contributed by atoms with E-state index in [2.05, 4.69) is 9.97 Å². The number of benzene rings is 1. The van der Waals surface area contributed by atoms with Gasteiger partial charge in [-0.3, -0.25) is 10.1 Å². The van der Waals surface area contributed by atoms with Crippen molar-refractivity contribution in [3.63, 3.8) is 0 Å². The molecule has 0 radical (unpaired) electrons. The summed E-state index contributed by atoms with van der Waals surface area (Å²) in [5.41, 5.74) is 9.39. The van der Waals surface area contributed by atoms with E-state index < -0.39 is 5.60 Å². The van der Waals surface area contributed by atoms with Crippen molar-refractivity contribution in [3.8, 4) is 11.4 Å². The number of nitrogens with one attached hydrogen (secondary N) is 1. The number of allylic oxidation sites excluding steroid dienone is 4. The van der Waals surface area contributed by atoms with E-state index in [1.54, 1.807) is 0 Å². The zero-order chi connectivity index (χ0) is 20.9. The summed E-state index contributed by atoms with van der Waals surface area (Å²) >= 11 is 0. The standard InChI is InChI=1S/C22H26N4O3/c1-12-13(2)19-16(14(3)18(12)26(27)28)10-22(4,29-19)11-17-20(23)25-21(24-17)15-8-6-5-7-9-15/h5-9,14,16H,10-11,23H2,1-4H3,(H,24,25). The van der Waals surface area contributed by atoms with Crippen molar-refractivity contribution >= 4 is 5.82 Å². The van der Waals surface area contributed by atoms with E-state index in [4.69, 9.17) is 10.5 Å². The van der Waals surface area contributed by atoms with E-state index in [1.165, 1.54) is 0 Å². The third kappa shape index (κ3) is 3.20. The van der Waals surface area contributed by atoms with Gasteiger partial charge in [0, 0.05) is 23.5 Å². The second-order valence-electron chi connectivity index (χ2n) is 8.40. The van der Waals surface area contributed by atoms with E-state index in [0.717, 1.165) is 28.4 Å². The first-order valence-corrected chi connectivity index (χ1v) is 9.85. The highest BCUT2D eigenvalue weighted by Gasteiger charge is 2.50.